The number of para-hydroxylation sites is 1. The van der Waals surface area contributed by atoms with E-state index in [2.05, 4.69) is 0 Å². The number of rotatable bonds is 4. The molecule has 0 radical (unpaired) electrons. The van der Waals surface area contributed by atoms with Gasteiger partial charge in [-0.15, -0.1) is 0 Å². The second kappa shape index (κ2) is 8.30. The van der Waals surface area contributed by atoms with Crippen molar-refractivity contribution in [2.24, 2.45) is 0 Å². The summed E-state index contributed by atoms with van der Waals surface area (Å²) in [5.41, 5.74) is 4.10. The third-order valence-electron chi connectivity index (χ3n) is 5.71. The Kier molecular flexibility index (Phi) is 5.57. The van der Waals surface area contributed by atoms with E-state index in [0.29, 0.717) is 44.1 Å². The van der Waals surface area contributed by atoms with E-state index >= 15 is 0 Å². The predicted octanol–water partition coefficient (Wildman–Crippen LogP) is 4.39. The number of aromatic nitrogens is 1. The Labute approximate surface area is 175 Å². The van der Waals surface area contributed by atoms with Gasteiger partial charge in [-0.3, -0.25) is 4.79 Å². The minimum Gasteiger partial charge on any atom is -0.366 e. The molecule has 156 valence electrons. The maximum atomic E-state index is 14.1. The fraction of sp³-hybridized carbons (Fsp3) is 0.292. The summed E-state index contributed by atoms with van der Waals surface area (Å²) in [6.45, 7) is 6.67. The van der Waals surface area contributed by atoms with Gasteiger partial charge < -0.3 is 14.4 Å². The number of hydrogen-bond acceptors (Lipinski definition) is 2. The molecule has 0 atom stereocenters. The van der Waals surface area contributed by atoms with Crippen molar-refractivity contribution in [3.8, 4) is 0 Å². The number of carbonyl (C=O) groups excluding carboxylic acids is 1. The summed E-state index contributed by atoms with van der Waals surface area (Å²) in [6.07, 6.45) is 0. The summed E-state index contributed by atoms with van der Waals surface area (Å²) in [7, 11) is 0. The van der Waals surface area contributed by atoms with Gasteiger partial charge in [-0.1, -0.05) is 24.3 Å². The van der Waals surface area contributed by atoms with Crippen LogP contribution in [0.25, 0.3) is 0 Å². The van der Waals surface area contributed by atoms with Crippen LogP contribution in [-0.4, -0.2) is 41.6 Å². The number of nitrogens with zero attached hydrogens (tertiary/aromatic N) is 3. The number of amides is 1. The number of carbonyl (C=O) groups is 1. The molecular formula is C24H25F2N3O. The summed E-state index contributed by atoms with van der Waals surface area (Å²) >= 11 is 0. The zero-order valence-electron chi connectivity index (χ0n) is 17.2. The lowest BCUT2D eigenvalue weighted by Gasteiger charge is -2.36. The molecular weight excluding hydrogens is 384 g/mol. The molecule has 1 aliphatic rings. The Morgan fingerprint density at radius 3 is 2.27 bits per heavy atom. The van der Waals surface area contributed by atoms with Crippen LogP contribution in [0.15, 0.2) is 54.6 Å². The van der Waals surface area contributed by atoms with Crippen molar-refractivity contribution < 1.29 is 13.6 Å². The lowest BCUT2D eigenvalue weighted by Crippen LogP contribution is -2.49. The fourth-order valence-electron chi connectivity index (χ4n) is 4.12. The van der Waals surface area contributed by atoms with Crippen LogP contribution in [0.3, 0.4) is 0 Å². The van der Waals surface area contributed by atoms with Crippen LogP contribution in [0.1, 0.15) is 27.3 Å². The highest BCUT2D eigenvalue weighted by Crippen LogP contribution is 2.23. The predicted molar refractivity (Wildman–Crippen MR) is 114 cm³/mol. The largest absolute Gasteiger partial charge is 0.366 e. The van der Waals surface area contributed by atoms with E-state index in [-0.39, 0.29) is 17.5 Å². The molecule has 4 nitrogen and oxygen atoms in total. The molecule has 1 fully saturated rings. The topological polar surface area (TPSA) is 28.5 Å². The SMILES string of the molecule is Cc1cc(C)n(Cc2ccc(F)cc2)c1C(=O)N1CCN(c2ccccc2F)CC1. The monoisotopic (exact) mass is 409 g/mol. The fourth-order valence-corrected chi connectivity index (χ4v) is 4.12. The quantitative estimate of drug-likeness (QED) is 0.639. The molecule has 3 aromatic rings. The van der Waals surface area contributed by atoms with Crippen LogP contribution in [0.5, 0.6) is 0 Å². The second-order valence-electron chi connectivity index (χ2n) is 7.76. The van der Waals surface area contributed by atoms with Gasteiger partial charge in [0, 0.05) is 38.4 Å². The highest BCUT2D eigenvalue weighted by molar-refractivity contribution is 5.94. The maximum Gasteiger partial charge on any atom is 0.270 e. The van der Waals surface area contributed by atoms with Gasteiger partial charge in [-0.05, 0) is 55.3 Å². The lowest BCUT2D eigenvalue weighted by atomic mass is 10.2. The van der Waals surface area contributed by atoms with Gasteiger partial charge in [0.25, 0.3) is 5.91 Å². The second-order valence-corrected chi connectivity index (χ2v) is 7.76. The smallest absolute Gasteiger partial charge is 0.270 e. The standard InChI is InChI=1S/C24H25F2N3O/c1-17-15-18(2)29(16-19-7-9-20(25)10-8-19)23(17)24(30)28-13-11-27(12-14-28)22-6-4-3-5-21(22)26/h3-10,15H,11-14,16H2,1-2H3. The van der Waals surface area contributed by atoms with Crippen molar-refractivity contribution in [2.45, 2.75) is 20.4 Å². The molecule has 1 amide bonds. The van der Waals surface area contributed by atoms with E-state index in [1.54, 1.807) is 24.3 Å². The molecule has 0 N–H and O–H groups in total. The average Bonchev–Trinajstić information content (AvgIpc) is 3.02. The van der Waals surface area contributed by atoms with Gasteiger partial charge in [-0.2, -0.15) is 0 Å². The summed E-state index contributed by atoms with van der Waals surface area (Å²) < 4.78 is 29.3. The Hall–Kier alpha value is -3.15. The van der Waals surface area contributed by atoms with Crippen LogP contribution < -0.4 is 4.90 Å². The number of aryl methyl sites for hydroxylation is 2. The van der Waals surface area contributed by atoms with Crippen molar-refractivity contribution in [2.75, 3.05) is 31.1 Å². The van der Waals surface area contributed by atoms with Gasteiger partial charge >= 0.3 is 0 Å². The Morgan fingerprint density at radius 1 is 0.933 bits per heavy atom. The lowest BCUT2D eigenvalue weighted by molar-refractivity contribution is 0.0735. The number of anilines is 1. The molecule has 2 heterocycles. The number of hydrogen-bond donors (Lipinski definition) is 0. The summed E-state index contributed by atoms with van der Waals surface area (Å²) in [5, 5.41) is 0. The first kappa shape index (κ1) is 20.1. The molecule has 1 aromatic heterocycles. The van der Waals surface area contributed by atoms with E-state index in [1.165, 1.54) is 18.2 Å². The molecule has 0 spiro atoms. The number of benzene rings is 2. The van der Waals surface area contributed by atoms with Gasteiger partial charge in [0.1, 0.15) is 17.3 Å². The van der Waals surface area contributed by atoms with Gasteiger partial charge in [0.2, 0.25) is 0 Å². The van der Waals surface area contributed by atoms with Crippen molar-refractivity contribution in [1.29, 1.82) is 0 Å². The first-order valence-corrected chi connectivity index (χ1v) is 10.1. The molecule has 1 aliphatic heterocycles. The summed E-state index contributed by atoms with van der Waals surface area (Å²) in [6, 6.07) is 15.1. The molecule has 1 saturated heterocycles. The number of halogens is 2. The van der Waals surface area contributed by atoms with E-state index in [4.69, 9.17) is 0 Å². The highest BCUT2D eigenvalue weighted by atomic mass is 19.1. The summed E-state index contributed by atoms with van der Waals surface area (Å²) in [4.78, 5) is 17.2. The Bertz CT molecular complexity index is 1050. The average molecular weight is 409 g/mol. The van der Waals surface area contributed by atoms with Crippen LogP contribution in [0, 0.1) is 25.5 Å². The van der Waals surface area contributed by atoms with Crippen molar-refractivity contribution >= 4 is 11.6 Å². The van der Waals surface area contributed by atoms with Gasteiger partial charge in [-0.25, -0.2) is 8.78 Å². The first-order chi connectivity index (χ1) is 14.4. The molecule has 0 bridgehead atoms. The molecule has 6 heteroatoms. The molecule has 30 heavy (non-hydrogen) atoms. The third-order valence-corrected chi connectivity index (χ3v) is 5.71. The zero-order chi connectivity index (χ0) is 21.3. The van der Waals surface area contributed by atoms with Crippen molar-refractivity contribution in [3.05, 3.63) is 88.7 Å². The molecule has 0 aliphatic carbocycles. The van der Waals surface area contributed by atoms with Crippen LogP contribution in [0.2, 0.25) is 0 Å². The molecule has 2 aromatic carbocycles. The summed E-state index contributed by atoms with van der Waals surface area (Å²) in [5.74, 6) is -0.531. The van der Waals surface area contributed by atoms with E-state index < -0.39 is 0 Å². The minimum atomic E-state index is -0.275. The van der Waals surface area contributed by atoms with E-state index in [1.807, 2.05) is 40.3 Å². The highest BCUT2D eigenvalue weighted by Gasteiger charge is 2.27. The van der Waals surface area contributed by atoms with Gasteiger partial charge in [0.15, 0.2) is 0 Å². The molecule has 4 rings (SSSR count). The molecule has 0 unspecified atom stereocenters. The van der Waals surface area contributed by atoms with E-state index in [9.17, 15) is 13.6 Å². The minimum absolute atomic E-state index is 0.0177. The third kappa shape index (κ3) is 3.95. The number of piperazine rings is 1. The zero-order valence-corrected chi connectivity index (χ0v) is 17.2. The van der Waals surface area contributed by atoms with Gasteiger partial charge in [0.05, 0.1) is 5.69 Å². The molecule has 0 saturated carbocycles. The van der Waals surface area contributed by atoms with Crippen LogP contribution in [0.4, 0.5) is 14.5 Å². The first-order valence-electron chi connectivity index (χ1n) is 10.1. The Morgan fingerprint density at radius 2 is 1.60 bits per heavy atom. The van der Waals surface area contributed by atoms with Crippen molar-refractivity contribution in [3.63, 3.8) is 0 Å². The van der Waals surface area contributed by atoms with E-state index in [0.717, 1.165) is 16.8 Å². The Balaban J connectivity index is 1.51. The van der Waals surface area contributed by atoms with Crippen LogP contribution in [-0.2, 0) is 6.54 Å². The maximum absolute atomic E-state index is 14.1. The van der Waals surface area contributed by atoms with Crippen molar-refractivity contribution in [1.82, 2.24) is 9.47 Å². The van der Waals surface area contributed by atoms with Crippen LogP contribution >= 0.6 is 0 Å². The normalized spacial score (nSPS) is 14.3.